The normalized spacial score (nSPS) is 13.8. The third-order valence-electron chi connectivity index (χ3n) is 3.09. The van der Waals surface area contributed by atoms with Gasteiger partial charge in [0.15, 0.2) is 13.1 Å². The second-order valence-electron chi connectivity index (χ2n) is 7.97. The van der Waals surface area contributed by atoms with Crippen molar-refractivity contribution >= 4 is 35.1 Å². The second-order valence-corrected chi connectivity index (χ2v) is 8.93. The maximum absolute atomic E-state index is 11.6. The van der Waals surface area contributed by atoms with Crippen LogP contribution < -0.4 is 5.32 Å². The molecule has 3 N–H and O–H groups in total. The van der Waals surface area contributed by atoms with Gasteiger partial charge in [-0.1, -0.05) is 20.8 Å². The molecule has 0 aromatic rings. The average Bonchev–Trinajstić information content (AvgIpc) is 2.56. The number of aliphatic carboxylic acids is 1. The molecule has 1 unspecified atom stereocenters. The first-order valence-corrected chi connectivity index (χ1v) is 9.55. The zero-order valence-corrected chi connectivity index (χ0v) is 18.2. The fraction of sp³-hybridized carbons (Fsp3) is 0.765. The Balaban J connectivity index is 4.28. The van der Waals surface area contributed by atoms with Crippen molar-refractivity contribution in [1.29, 1.82) is 0 Å². The number of thioether (sulfide) groups is 1. The summed E-state index contributed by atoms with van der Waals surface area (Å²) in [6, 6.07) is -1.46. The van der Waals surface area contributed by atoms with Crippen LogP contribution >= 0.6 is 11.8 Å². The Bertz CT molecular complexity index is 582. The molecule has 0 aliphatic heterocycles. The number of hydrogen-bond acceptors (Lipinski definition) is 10. The molecule has 0 radical (unpaired) electrons. The van der Waals surface area contributed by atoms with Crippen LogP contribution in [0.5, 0.6) is 0 Å². The Kier molecular flexibility index (Phi) is 11.0. The minimum Gasteiger partial charge on any atom is -0.480 e. The summed E-state index contributed by atoms with van der Waals surface area (Å²) < 4.78 is 19.0. The summed E-state index contributed by atoms with van der Waals surface area (Å²) in [7, 11) is 0. The van der Waals surface area contributed by atoms with Gasteiger partial charge in [-0.2, -0.15) is 0 Å². The van der Waals surface area contributed by atoms with Gasteiger partial charge in [0.05, 0.1) is 5.41 Å². The molecule has 0 aliphatic rings. The van der Waals surface area contributed by atoms with Crippen molar-refractivity contribution in [2.75, 3.05) is 19.3 Å². The maximum Gasteiger partial charge on any atom is 0.410 e. The minimum atomic E-state index is -1.46. The monoisotopic (exact) mass is 439 g/mol. The standard InChI is InChI=1S/C17H29NO10S/c1-16(2,3)12(21)25-8-27-14(23)18-10(11(19)20)7-29-15(24)28-9-26-13(22)17(4,5)6/h10,13,22H,7-9H2,1-6H3,(H,18,23)(H,19,20)/t10-,13?/m0/s1. The molecule has 29 heavy (non-hydrogen) atoms. The number of carboxylic acid groups (broad SMARTS) is 1. The predicted octanol–water partition coefficient (Wildman–Crippen LogP) is 1.92. The highest BCUT2D eigenvalue weighted by Crippen LogP contribution is 2.20. The van der Waals surface area contributed by atoms with Gasteiger partial charge in [-0.3, -0.25) is 4.79 Å². The van der Waals surface area contributed by atoms with Crippen LogP contribution in [0.25, 0.3) is 0 Å². The van der Waals surface area contributed by atoms with E-state index in [1.165, 1.54) is 0 Å². The number of aliphatic hydroxyl groups excluding tert-OH is 1. The minimum absolute atomic E-state index is 0.354. The number of carbonyl (C=O) groups excluding carboxylic acids is 3. The van der Waals surface area contributed by atoms with Crippen molar-refractivity contribution in [2.24, 2.45) is 10.8 Å². The predicted molar refractivity (Wildman–Crippen MR) is 102 cm³/mol. The molecular formula is C17H29NO10S. The summed E-state index contributed by atoms with van der Waals surface area (Å²) in [5, 5.41) is 19.9. The van der Waals surface area contributed by atoms with Crippen LogP contribution in [0.2, 0.25) is 0 Å². The molecule has 0 fully saturated rings. The van der Waals surface area contributed by atoms with E-state index in [-0.39, 0.29) is 5.75 Å². The lowest BCUT2D eigenvalue weighted by Gasteiger charge is -2.25. The molecule has 0 saturated carbocycles. The lowest BCUT2D eigenvalue weighted by Crippen LogP contribution is -2.43. The average molecular weight is 439 g/mol. The molecule has 0 spiro atoms. The van der Waals surface area contributed by atoms with E-state index in [4.69, 9.17) is 19.3 Å². The fourth-order valence-corrected chi connectivity index (χ4v) is 1.96. The Morgan fingerprint density at radius 3 is 2.03 bits per heavy atom. The van der Waals surface area contributed by atoms with E-state index in [2.05, 4.69) is 4.74 Å². The molecule has 168 valence electrons. The summed E-state index contributed by atoms with van der Waals surface area (Å²) in [5.41, 5.74) is -1.35. The van der Waals surface area contributed by atoms with Crippen molar-refractivity contribution in [2.45, 2.75) is 53.9 Å². The van der Waals surface area contributed by atoms with E-state index in [0.29, 0.717) is 11.8 Å². The number of carbonyl (C=O) groups is 4. The van der Waals surface area contributed by atoms with Crippen molar-refractivity contribution in [3.63, 3.8) is 0 Å². The van der Waals surface area contributed by atoms with E-state index < -0.39 is 60.1 Å². The van der Waals surface area contributed by atoms with Crippen molar-refractivity contribution in [3.8, 4) is 0 Å². The van der Waals surface area contributed by atoms with Gasteiger partial charge in [-0.25, -0.2) is 14.4 Å². The molecule has 0 bridgehead atoms. The molecule has 0 aliphatic carbocycles. The van der Waals surface area contributed by atoms with Crippen LogP contribution in [0.3, 0.4) is 0 Å². The van der Waals surface area contributed by atoms with E-state index in [0.717, 1.165) is 0 Å². The summed E-state index contributed by atoms with van der Waals surface area (Å²) in [6.07, 6.45) is -2.29. The molecule has 11 nitrogen and oxygen atoms in total. The van der Waals surface area contributed by atoms with E-state index in [1.807, 2.05) is 5.32 Å². The molecule has 0 rings (SSSR count). The second kappa shape index (κ2) is 11.8. The quantitative estimate of drug-likeness (QED) is 0.356. The molecule has 1 amide bonds. The highest BCUT2D eigenvalue weighted by molar-refractivity contribution is 8.13. The van der Waals surface area contributed by atoms with E-state index in [1.54, 1.807) is 41.5 Å². The van der Waals surface area contributed by atoms with Gasteiger partial charge in [0, 0.05) is 11.2 Å². The van der Waals surface area contributed by atoms with Crippen molar-refractivity contribution in [1.82, 2.24) is 5.32 Å². The molecule has 0 heterocycles. The first kappa shape index (κ1) is 27.0. The van der Waals surface area contributed by atoms with Gasteiger partial charge in [-0.15, -0.1) is 0 Å². The SMILES string of the molecule is CC(C)(C)C(=O)OCOC(=O)N[C@@H](CSC(=O)OCOC(O)C(C)(C)C)C(=O)O. The van der Waals surface area contributed by atoms with Crippen LogP contribution in [-0.2, 0) is 28.5 Å². The van der Waals surface area contributed by atoms with Crippen LogP contribution in [0, 0.1) is 10.8 Å². The fourth-order valence-electron chi connectivity index (χ4n) is 1.30. The first-order valence-electron chi connectivity index (χ1n) is 8.57. The molecule has 0 aromatic heterocycles. The lowest BCUT2D eigenvalue weighted by molar-refractivity contribution is -0.194. The highest BCUT2D eigenvalue weighted by atomic mass is 32.2. The number of rotatable bonds is 9. The maximum atomic E-state index is 11.6. The molecular weight excluding hydrogens is 410 g/mol. The Morgan fingerprint density at radius 1 is 0.966 bits per heavy atom. The first-order chi connectivity index (χ1) is 13.1. The third kappa shape index (κ3) is 12.2. The van der Waals surface area contributed by atoms with E-state index >= 15 is 0 Å². The van der Waals surface area contributed by atoms with Crippen molar-refractivity contribution in [3.05, 3.63) is 0 Å². The van der Waals surface area contributed by atoms with E-state index in [9.17, 15) is 24.3 Å². The van der Waals surface area contributed by atoms with Gasteiger partial charge < -0.3 is 34.5 Å². The summed E-state index contributed by atoms with van der Waals surface area (Å²) >= 11 is 0.487. The number of nitrogens with one attached hydrogen (secondary N) is 1. The number of alkyl carbamates (subject to hydrolysis) is 1. The van der Waals surface area contributed by atoms with Crippen LogP contribution in [0.4, 0.5) is 9.59 Å². The summed E-state index contributed by atoms with van der Waals surface area (Å²) in [4.78, 5) is 46.0. The molecule has 12 heteroatoms. The number of aliphatic hydroxyl groups is 1. The number of ether oxygens (including phenoxy) is 4. The van der Waals surface area contributed by atoms with Crippen LogP contribution in [0.1, 0.15) is 41.5 Å². The van der Waals surface area contributed by atoms with Gasteiger partial charge in [-0.05, 0) is 32.5 Å². The summed E-state index contributed by atoms with van der Waals surface area (Å²) in [6.45, 7) is 8.80. The molecule has 0 aromatic carbocycles. The topological polar surface area (TPSA) is 158 Å². The smallest absolute Gasteiger partial charge is 0.410 e. The number of esters is 1. The number of hydrogen-bond donors (Lipinski definition) is 3. The van der Waals surface area contributed by atoms with Crippen molar-refractivity contribution < 1.29 is 48.3 Å². The van der Waals surface area contributed by atoms with Crippen LogP contribution in [0.15, 0.2) is 0 Å². The molecule has 2 atom stereocenters. The lowest BCUT2D eigenvalue weighted by atomic mass is 9.96. The van der Waals surface area contributed by atoms with Gasteiger partial charge in [0.25, 0.3) is 0 Å². The highest BCUT2D eigenvalue weighted by Gasteiger charge is 2.26. The zero-order chi connectivity index (χ0) is 22.8. The zero-order valence-electron chi connectivity index (χ0n) is 17.3. The van der Waals surface area contributed by atoms with Gasteiger partial charge in [0.2, 0.25) is 6.79 Å². The third-order valence-corrected chi connectivity index (χ3v) is 3.95. The summed E-state index contributed by atoms with van der Waals surface area (Å²) in [5.74, 6) is -2.36. The van der Waals surface area contributed by atoms with Crippen LogP contribution in [-0.4, -0.2) is 65.2 Å². The van der Waals surface area contributed by atoms with Gasteiger partial charge >= 0.3 is 23.3 Å². The number of carboxylic acids is 1. The Labute approximate surface area is 173 Å². The Hall–Kier alpha value is -2.05. The number of amides is 1. The Morgan fingerprint density at radius 2 is 1.55 bits per heavy atom. The van der Waals surface area contributed by atoms with Gasteiger partial charge in [0.1, 0.15) is 6.04 Å². The largest absolute Gasteiger partial charge is 0.480 e. The molecule has 0 saturated heterocycles.